The van der Waals surface area contributed by atoms with E-state index >= 15 is 8.78 Å². The molecule has 0 spiro atoms. The molecule has 4 aromatic rings. The number of halogens is 2. The van der Waals surface area contributed by atoms with E-state index in [-0.39, 0.29) is 35.1 Å². The summed E-state index contributed by atoms with van der Waals surface area (Å²) in [5, 5.41) is -1.25. The Bertz CT molecular complexity index is 2020. The monoisotopic (exact) mass is 699 g/mol. The Balaban J connectivity index is 1.53. The molecule has 0 unspecified atom stereocenters. The lowest BCUT2D eigenvalue weighted by Gasteiger charge is -2.37. The van der Waals surface area contributed by atoms with E-state index in [1.165, 1.54) is 33.3 Å². The Morgan fingerprint density at radius 1 is 0.920 bits per heavy atom. The molecule has 2 aromatic carbocycles. The summed E-state index contributed by atoms with van der Waals surface area (Å²) in [6.07, 6.45) is 1.47. The number of hydrogen-bond donors (Lipinski definition) is 0. The van der Waals surface area contributed by atoms with Crippen LogP contribution in [0.4, 0.5) is 25.0 Å². The van der Waals surface area contributed by atoms with Gasteiger partial charge in [-0.25, -0.2) is 30.9 Å². The van der Waals surface area contributed by atoms with E-state index in [1.807, 2.05) is 0 Å². The maximum Gasteiger partial charge on any atom is 0.329 e. The highest BCUT2D eigenvalue weighted by Gasteiger charge is 2.39. The van der Waals surface area contributed by atoms with Gasteiger partial charge in [0.05, 0.1) is 36.0 Å². The second kappa shape index (κ2) is 13.3. The van der Waals surface area contributed by atoms with Gasteiger partial charge in [-0.2, -0.15) is 0 Å². The van der Waals surface area contributed by atoms with Crippen molar-refractivity contribution in [1.82, 2.24) is 13.9 Å². The van der Waals surface area contributed by atoms with Gasteiger partial charge in [0.25, 0.3) is 10.0 Å². The first-order valence-electron chi connectivity index (χ1n) is 16.6. The number of fused-ring (bicyclic) bond motifs is 3. The van der Waals surface area contributed by atoms with Crippen molar-refractivity contribution in [3.8, 4) is 11.5 Å². The van der Waals surface area contributed by atoms with E-state index in [4.69, 9.17) is 14.2 Å². The maximum atomic E-state index is 16.3. The number of amides is 2. The number of ether oxygens (including phenoxy) is 3. The Labute approximate surface area is 296 Å². The quantitative estimate of drug-likeness (QED) is 0.178. The second-order valence-electron chi connectivity index (χ2n) is 14.4. The SMILES string of the molecule is BC(B)(B)Oc1cc(OC(B)(B)B)c(F)c(N2Cc3cnc4c(cc(CN5CCOCC5)n4S(=O)(=O)c4ccccc4)c3N(CC)C2=O)c1F. The van der Waals surface area contributed by atoms with E-state index in [0.29, 0.717) is 55.2 Å². The second-order valence-corrected chi connectivity index (χ2v) is 16.2. The first-order valence-corrected chi connectivity index (χ1v) is 18.1. The van der Waals surface area contributed by atoms with Crippen LogP contribution in [0, 0.1) is 11.6 Å². The molecule has 2 amide bonds. The molecule has 11 nitrogen and oxygen atoms in total. The molecule has 20 heteroatoms. The number of morpholine rings is 1. The summed E-state index contributed by atoms with van der Waals surface area (Å²) in [6, 6.07) is 10.3. The van der Waals surface area contributed by atoms with Crippen LogP contribution in [-0.4, -0.2) is 119 Å². The van der Waals surface area contributed by atoms with Gasteiger partial charge in [0.15, 0.2) is 28.8 Å². The number of anilines is 2. The van der Waals surface area contributed by atoms with E-state index < -0.39 is 44.0 Å². The van der Waals surface area contributed by atoms with Crippen LogP contribution in [0.2, 0.25) is 0 Å². The number of benzene rings is 2. The van der Waals surface area contributed by atoms with Crippen LogP contribution >= 0.6 is 0 Å². The fraction of sp³-hybridized carbons (Fsp3) is 0.333. The van der Waals surface area contributed by atoms with Gasteiger partial charge in [-0.05, 0) is 25.1 Å². The van der Waals surface area contributed by atoms with Crippen LogP contribution < -0.4 is 19.3 Å². The molecule has 2 aliphatic rings. The topological polar surface area (TPSA) is 106 Å². The number of aromatic nitrogens is 2. The average Bonchev–Trinajstić information content (AvgIpc) is 3.42. The molecule has 4 heterocycles. The van der Waals surface area contributed by atoms with Crippen LogP contribution in [0.3, 0.4) is 0 Å². The van der Waals surface area contributed by atoms with Crippen molar-refractivity contribution in [3.05, 3.63) is 71.6 Å². The van der Waals surface area contributed by atoms with Crippen molar-refractivity contribution in [3.63, 3.8) is 0 Å². The number of urea groups is 1. The Kier molecular flexibility index (Phi) is 9.59. The highest BCUT2D eigenvalue weighted by molar-refractivity contribution is 7.90. The minimum Gasteiger partial charge on any atom is -0.511 e. The molecular formula is C30H37B6F2N5O6S. The zero-order chi connectivity index (χ0) is 36.2. The standard InChI is InChI=1S/C30H37B6F2N5O6S/c1-2-41-25-17(15-42(28(41)44)26-23(37)21(48-29(31,32)33)13-22(24(26)38)49-30(34,35)36)14-39-27-20(25)12-18(16-40-8-10-47-11-9-40)43(27)50(45,46)19-6-4-3-5-7-19/h3-7,12-14H,2,8-11,15-16,31-36H2,1H3. The summed E-state index contributed by atoms with van der Waals surface area (Å²) in [4.78, 5) is 23.6. The lowest BCUT2D eigenvalue weighted by molar-refractivity contribution is 0.0336. The van der Waals surface area contributed by atoms with Gasteiger partial charge in [-0.1, -0.05) is 18.2 Å². The van der Waals surface area contributed by atoms with E-state index in [9.17, 15) is 13.2 Å². The molecule has 256 valence electrons. The predicted molar refractivity (Wildman–Crippen MR) is 204 cm³/mol. The summed E-state index contributed by atoms with van der Waals surface area (Å²) in [5.41, 5.74) is 0.904. The van der Waals surface area contributed by atoms with Gasteiger partial charge in [0.2, 0.25) is 0 Å². The van der Waals surface area contributed by atoms with Crippen LogP contribution in [-0.2, 0) is 27.8 Å². The van der Waals surface area contributed by atoms with Gasteiger partial charge in [0.1, 0.15) is 52.8 Å². The molecule has 6 rings (SSSR count). The zero-order valence-corrected chi connectivity index (χ0v) is 30.2. The zero-order valence-electron chi connectivity index (χ0n) is 29.4. The number of hydrogen-bond acceptors (Lipinski definition) is 8. The third kappa shape index (κ3) is 6.89. The largest absolute Gasteiger partial charge is 0.511 e. The summed E-state index contributed by atoms with van der Waals surface area (Å²) >= 11 is 0. The maximum absolute atomic E-state index is 16.3. The Hall–Kier alpha value is -3.88. The molecule has 2 aromatic heterocycles. The number of nitrogens with zero attached hydrogens (tertiary/aromatic N) is 5. The number of carbonyl (C=O) groups excluding carboxylic acids is 1. The van der Waals surface area contributed by atoms with Gasteiger partial charge in [-0.3, -0.25) is 14.7 Å². The number of rotatable bonds is 10. The number of pyridine rings is 1. The van der Waals surface area contributed by atoms with Crippen LogP contribution in [0.1, 0.15) is 18.2 Å². The predicted octanol–water partition coefficient (Wildman–Crippen LogP) is -1.87. The summed E-state index contributed by atoms with van der Waals surface area (Å²) in [6.45, 7) is 4.17. The highest BCUT2D eigenvalue weighted by atomic mass is 32.2. The molecule has 0 aliphatic carbocycles. The third-order valence-corrected chi connectivity index (χ3v) is 10.0. The first-order chi connectivity index (χ1) is 23.5. The third-order valence-electron chi connectivity index (χ3n) is 8.27. The molecule has 50 heavy (non-hydrogen) atoms. The molecular weight excluding hydrogens is 661 g/mol. The van der Waals surface area contributed by atoms with Crippen LogP contribution in [0.5, 0.6) is 11.5 Å². The molecule has 0 N–H and O–H groups in total. The first kappa shape index (κ1) is 35.9. The molecule has 0 radical (unpaired) electrons. The smallest absolute Gasteiger partial charge is 0.329 e. The lowest BCUT2D eigenvalue weighted by Crippen LogP contribution is -2.48. The van der Waals surface area contributed by atoms with Crippen molar-refractivity contribution in [2.45, 2.75) is 35.5 Å². The molecule has 1 saturated heterocycles. The van der Waals surface area contributed by atoms with Gasteiger partial charge in [0, 0.05) is 60.0 Å². The van der Waals surface area contributed by atoms with Crippen molar-refractivity contribution < 1.29 is 36.2 Å². The molecule has 0 atom stereocenters. The fourth-order valence-corrected chi connectivity index (χ4v) is 7.78. The summed E-state index contributed by atoms with van der Waals surface area (Å²) < 4.78 is 79.6. The average molecular weight is 699 g/mol. The molecule has 1 fully saturated rings. The van der Waals surface area contributed by atoms with E-state index in [1.54, 1.807) is 78.3 Å². The van der Waals surface area contributed by atoms with E-state index in [0.717, 1.165) is 4.90 Å². The van der Waals surface area contributed by atoms with Crippen molar-refractivity contribution in [2.75, 3.05) is 42.6 Å². The molecule has 0 bridgehead atoms. The van der Waals surface area contributed by atoms with Gasteiger partial charge in [-0.15, -0.1) is 0 Å². The minimum absolute atomic E-state index is 0.0893. The normalized spacial score (nSPS) is 16.1. The highest BCUT2D eigenvalue weighted by Crippen LogP contribution is 2.44. The number of carbonyl (C=O) groups is 1. The Morgan fingerprint density at radius 3 is 2.08 bits per heavy atom. The summed E-state index contributed by atoms with van der Waals surface area (Å²) in [7, 11) is 6.27. The fourth-order valence-electron chi connectivity index (χ4n) is 6.27. The molecule has 2 aliphatic heterocycles. The van der Waals surface area contributed by atoms with Crippen LogP contribution in [0.25, 0.3) is 11.0 Å². The van der Waals surface area contributed by atoms with Crippen molar-refractivity contribution in [1.29, 1.82) is 0 Å². The van der Waals surface area contributed by atoms with Crippen molar-refractivity contribution >= 4 is 85.5 Å². The van der Waals surface area contributed by atoms with Gasteiger partial charge >= 0.3 is 6.03 Å². The van der Waals surface area contributed by atoms with Gasteiger partial charge < -0.3 is 14.2 Å². The molecule has 0 saturated carbocycles. The lowest BCUT2D eigenvalue weighted by atomic mass is 9.52. The van der Waals surface area contributed by atoms with Crippen LogP contribution in [0.15, 0.2) is 53.6 Å². The minimum atomic E-state index is -4.12. The van der Waals surface area contributed by atoms with Crippen molar-refractivity contribution in [2.24, 2.45) is 0 Å². The summed E-state index contributed by atoms with van der Waals surface area (Å²) in [5.74, 6) is -2.62. The van der Waals surface area contributed by atoms with E-state index in [2.05, 4.69) is 9.88 Å². The Morgan fingerprint density at radius 2 is 1.52 bits per heavy atom.